The van der Waals surface area contributed by atoms with Crippen LogP contribution in [-0.2, 0) is 11.3 Å². The molecule has 0 aliphatic carbocycles. The Bertz CT molecular complexity index is 461. The van der Waals surface area contributed by atoms with Crippen LogP contribution in [0.2, 0.25) is 0 Å². The van der Waals surface area contributed by atoms with Gasteiger partial charge in [-0.25, -0.2) is 0 Å². The molecule has 2 fully saturated rings. The molecule has 4 heteroatoms. The molecule has 3 rings (SSSR count). The molecule has 0 amide bonds. The second kappa shape index (κ2) is 8.13. The summed E-state index contributed by atoms with van der Waals surface area (Å²) in [5, 5.41) is 0. The monoisotopic (exact) mass is 318 g/mol. The van der Waals surface area contributed by atoms with Gasteiger partial charge in [0.1, 0.15) is 11.9 Å². The van der Waals surface area contributed by atoms with Crippen molar-refractivity contribution in [3.63, 3.8) is 0 Å². The van der Waals surface area contributed by atoms with Gasteiger partial charge in [0, 0.05) is 51.6 Å². The van der Waals surface area contributed by atoms with Crippen LogP contribution in [0.1, 0.15) is 32.3 Å². The number of hydrogen-bond acceptors (Lipinski definition) is 4. The summed E-state index contributed by atoms with van der Waals surface area (Å²) >= 11 is 0. The van der Waals surface area contributed by atoms with Gasteiger partial charge in [-0.15, -0.1) is 0 Å². The van der Waals surface area contributed by atoms with Crippen molar-refractivity contribution in [1.29, 1.82) is 0 Å². The summed E-state index contributed by atoms with van der Waals surface area (Å²) in [5.41, 5.74) is 1.38. The number of nitrogens with zero attached hydrogens (tertiary/aromatic N) is 2. The average Bonchev–Trinajstić information content (AvgIpc) is 2.58. The lowest BCUT2D eigenvalue weighted by atomic mass is 10.1. The van der Waals surface area contributed by atoms with E-state index in [2.05, 4.69) is 47.9 Å². The van der Waals surface area contributed by atoms with Crippen LogP contribution >= 0.6 is 0 Å². The maximum absolute atomic E-state index is 6.04. The van der Waals surface area contributed by atoms with Crippen LogP contribution in [0.4, 0.5) is 0 Å². The van der Waals surface area contributed by atoms with Crippen molar-refractivity contribution in [2.75, 3.05) is 39.4 Å². The Kier molecular flexibility index (Phi) is 5.92. The number of rotatable bonds is 5. The van der Waals surface area contributed by atoms with Crippen molar-refractivity contribution in [2.24, 2.45) is 0 Å². The number of piperazine rings is 1. The Balaban J connectivity index is 1.46. The summed E-state index contributed by atoms with van der Waals surface area (Å²) in [7, 11) is 0. The molecule has 2 aliphatic rings. The van der Waals surface area contributed by atoms with Gasteiger partial charge in [0.05, 0.1) is 13.2 Å². The van der Waals surface area contributed by atoms with Crippen molar-refractivity contribution >= 4 is 0 Å². The van der Waals surface area contributed by atoms with Gasteiger partial charge >= 0.3 is 0 Å². The first-order valence-electron chi connectivity index (χ1n) is 9.00. The fourth-order valence-corrected chi connectivity index (χ4v) is 3.36. The average molecular weight is 318 g/mol. The van der Waals surface area contributed by atoms with Crippen molar-refractivity contribution < 1.29 is 9.47 Å². The van der Waals surface area contributed by atoms with E-state index in [1.165, 1.54) is 31.7 Å². The summed E-state index contributed by atoms with van der Waals surface area (Å²) in [6, 6.07) is 9.33. The normalized spacial score (nSPS) is 21.7. The van der Waals surface area contributed by atoms with Crippen LogP contribution in [0.25, 0.3) is 0 Å². The third kappa shape index (κ3) is 4.93. The molecule has 0 radical (unpaired) electrons. The highest BCUT2D eigenvalue weighted by molar-refractivity contribution is 5.27. The molecule has 2 saturated heterocycles. The van der Waals surface area contributed by atoms with E-state index >= 15 is 0 Å². The van der Waals surface area contributed by atoms with Crippen LogP contribution < -0.4 is 4.74 Å². The SMILES string of the molecule is CC(C)N1CCN(Cc2ccc(OC3CCOCC3)cc2)CC1. The van der Waals surface area contributed by atoms with Crippen LogP contribution in [0, 0.1) is 0 Å². The fraction of sp³-hybridized carbons (Fsp3) is 0.684. The minimum atomic E-state index is 0.318. The summed E-state index contributed by atoms with van der Waals surface area (Å²) in [6.07, 6.45) is 2.32. The summed E-state index contributed by atoms with van der Waals surface area (Å²) in [6.45, 7) is 12.0. The lowest BCUT2D eigenvalue weighted by Gasteiger charge is -2.36. The minimum Gasteiger partial charge on any atom is -0.490 e. The van der Waals surface area contributed by atoms with Gasteiger partial charge in [-0.2, -0.15) is 0 Å². The van der Waals surface area contributed by atoms with E-state index in [9.17, 15) is 0 Å². The Labute approximate surface area is 140 Å². The van der Waals surface area contributed by atoms with Crippen molar-refractivity contribution in [3.8, 4) is 5.75 Å². The van der Waals surface area contributed by atoms with E-state index < -0.39 is 0 Å². The predicted molar refractivity (Wildman–Crippen MR) is 92.9 cm³/mol. The molecule has 0 unspecified atom stereocenters. The predicted octanol–water partition coefficient (Wildman–Crippen LogP) is 2.77. The molecular formula is C19H30N2O2. The minimum absolute atomic E-state index is 0.318. The van der Waals surface area contributed by atoms with Crippen molar-refractivity contribution in [3.05, 3.63) is 29.8 Å². The van der Waals surface area contributed by atoms with Gasteiger partial charge in [0.25, 0.3) is 0 Å². The highest BCUT2D eigenvalue weighted by Gasteiger charge is 2.19. The molecule has 1 aromatic rings. The van der Waals surface area contributed by atoms with E-state index in [0.29, 0.717) is 12.1 Å². The van der Waals surface area contributed by atoms with Gasteiger partial charge < -0.3 is 9.47 Å². The summed E-state index contributed by atoms with van der Waals surface area (Å²) in [5.74, 6) is 0.991. The number of ether oxygens (including phenoxy) is 2. The van der Waals surface area contributed by atoms with Gasteiger partial charge in [-0.1, -0.05) is 12.1 Å². The quantitative estimate of drug-likeness (QED) is 0.833. The third-order valence-corrected chi connectivity index (χ3v) is 4.94. The van der Waals surface area contributed by atoms with E-state index in [0.717, 1.165) is 38.3 Å². The molecule has 0 atom stereocenters. The fourth-order valence-electron chi connectivity index (χ4n) is 3.36. The molecule has 128 valence electrons. The number of hydrogen-bond donors (Lipinski definition) is 0. The standard InChI is InChI=1S/C19H30N2O2/c1-16(2)21-11-9-20(10-12-21)15-17-3-5-18(6-4-17)23-19-7-13-22-14-8-19/h3-6,16,19H,7-15H2,1-2H3. The first kappa shape index (κ1) is 16.7. The van der Waals surface area contributed by atoms with Crippen LogP contribution in [0.3, 0.4) is 0 Å². The van der Waals surface area contributed by atoms with Crippen molar-refractivity contribution in [2.45, 2.75) is 45.4 Å². The maximum atomic E-state index is 6.04. The van der Waals surface area contributed by atoms with E-state index in [1.807, 2.05) is 0 Å². The van der Waals surface area contributed by atoms with Crippen molar-refractivity contribution in [1.82, 2.24) is 9.80 Å². The first-order valence-corrected chi connectivity index (χ1v) is 9.00. The molecule has 0 spiro atoms. The molecule has 2 aliphatic heterocycles. The summed E-state index contributed by atoms with van der Waals surface area (Å²) < 4.78 is 11.4. The van der Waals surface area contributed by atoms with Gasteiger partial charge in [0.2, 0.25) is 0 Å². The van der Waals surface area contributed by atoms with E-state index in [4.69, 9.17) is 9.47 Å². The zero-order valence-corrected chi connectivity index (χ0v) is 14.5. The molecule has 23 heavy (non-hydrogen) atoms. The molecule has 0 aromatic heterocycles. The lowest BCUT2D eigenvalue weighted by Crippen LogP contribution is -2.48. The molecular weight excluding hydrogens is 288 g/mol. The molecule has 0 N–H and O–H groups in total. The molecule has 4 nitrogen and oxygen atoms in total. The third-order valence-electron chi connectivity index (χ3n) is 4.94. The Morgan fingerprint density at radius 1 is 1.04 bits per heavy atom. The van der Waals surface area contributed by atoms with Gasteiger partial charge in [0.15, 0.2) is 0 Å². The Morgan fingerprint density at radius 3 is 2.30 bits per heavy atom. The van der Waals surface area contributed by atoms with E-state index in [-0.39, 0.29) is 0 Å². The topological polar surface area (TPSA) is 24.9 Å². The van der Waals surface area contributed by atoms with Gasteiger partial charge in [-0.3, -0.25) is 9.80 Å². The van der Waals surface area contributed by atoms with E-state index in [1.54, 1.807) is 0 Å². The second-order valence-electron chi connectivity index (χ2n) is 6.98. The summed E-state index contributed by atoms with van der Waals surface area (Å²) in [4.78, 5) is 5.11. The Hall–Kier alpha value is -1.10. The second-order valence-corrected chi connectivity index (χ2v) is 6.98. The zero-order chi connectivity index (χ0) is 16.1. The first-order chi connectivity index (χ1) is 11.2. The molecule has 1 aromatic carbocycles. The number of benzene rings is 1. The zero-order valence-electron chi connectivity index (χ0n) is 14.5. The molecule has 2 heterocycles. The molecule has 0 saturated carbocycles. The smallest absolute Gasteiger partial charge is 0.119 e. The maximum Gasteiger partial charge on any atom is 0.119 e. The lowest BCUT2D eigenvalue weighted by molar-refractivity contribution is 0.0255. The molecule has 0 bridgehead atoms. The Morgan fingerprint density at radius 2 is 1.70 bits per heavy atom. The van der Waals surface area contributed by atoms with Crippen LogP contribution in [0.5, 0.6) is 5.75 Å². The highest BCUT2D eigenvalue weighted by atomic mass is 16.5. The largest absolute Gasteiger partial charge is 0.490 e. The van der Waals surface area contributed by atoms with Crippen LogP contribution in [0.15, 0.2) is 24.3 Å². The van der Waals surface area contributed by atoms with Gasteiger partial charge in [-0.05, 0) is 31.5 Å². The highest BCUT2D eigenvalue weighted by Crippen LogP contribution is 2.19. The van der Waals surface area contributed by atoms with Crippen LogP contribution in [-0.4, -0.2) is 61.3 Å².